The SMILES string of the molecule is NC(=O)[C@H]1CCCN1Cc1cccc(NS(=O)(=O)c2cccc(Cl)c2)c1. The fraction of sp³-hybridized carbons (Fsp3) is 0.278. The van der Waals surface area contributed by atoms with E-state index in [1.54, 1.807) is 30.3 Å². The lowest BCUT2D eigenvalue weighted by molar-refractivity contribution is -0.122. The fourth-order valence-corrected chi connectivity index (χ4v) is 4.50. The van der Waals surface area contributed by atoms with Crippen molar-refractivity contribution in [1.82, 2.24) is 4.90 Å². The van der Waals surface area contributed by atoms with Crippen LogP contribution in [-0.4, -0.2) is 31.8 Å². The number of hydrogen-bond acceptors (Lipinski definition) is 4. The highest BCUT2D eigenvalue weighted by Gasteiger charge is 2.28. The number of nitrogens with one attached hydrogen (secondary N) is 1. The number of sulfonamides is 1. The van der Waals surface area contributed by atoms with Crippen molar-refractivity contribution in [1.29, 1.82) is 0 Å². The zero-order valence-corrected chi connectivity index (χ0v) is 15.6. The normalized spacial score (nSPS) is 18.0. The summed E-state index contributed by atoms with van der Waals surface area (Å²) >= 11 is 5.88. The van der Waals surface area contributed by atoms with Gasteiger partial charge in [0.1, 0.15) is 0 Å². The van der Waals surface area contributed by atoms with Crippen molar-refractivity contribution < 1.29 is 13.2 Å². The summed E-state index contributed by atoms with van der Waals surface area (Å²) in [7, 11) is -3.73. The highest BCUT2D eigenvalue weighted by Crippen LogP contribution is 2.23. The number of nitrogens with zero attached hydrogens (tertiary/aromatic N) is 1. The van der Waals surface area contributed by atoms with E-state index in [2.05, 4.69) is 4.72 Å². The maximum absolute atomic E-state index is 12.5. The molecule has 1 aliphatic rings. The molecule has 0 saturated carbocycles. The molecule has 8 heteroatoms. The molecule has 0 bridgehead atoms. The van der Waals surface area contributed by atoms with Crippen LogP contribution < -0.4 is 10.5 Å². The molecule has 1 amide bonds. The van der Waals surface area contributed by atoms with Crippen LogP contribution in [0.1, 0.15) is 18.4 Å². The molecule has 3 rings (SSSR count). The molecule has 2 aromatic carbocycles. The molecule has 2 aromatic rings. The van der Waals surface area contributed by atoms with E-state index in [9.17, 15) is 13.2 Å². The van der Waals surface area contributed by atoms with Gasteiger partial charge in [-0.2, -0.15) is 0 Å². The minimum atomic E-state index is -3.73. The minimum Gasteiger partial charge on any atom is -0.368 e. The van der Waals surface area contributed by atoms with Crippen LogP contribution in [0, 0.1) is 0 Å². The van der Waals surface area contributed by atoms with E-state index in [4.69, 9.17) is 17.3 Å². The Bertz CT molecular complexity index is 917. The second-order valence-electron chi connectivity index (χ2n) is 6.29. The van der Waals surface area contributed by atoms with Crippen LogP contribution in [0.4, 0.5) is 5.69 Å². The van der Waals surface area contributed by atoms with Crippen LogP contribution in [-0.2, 0) is 21.4 Å². The summed E-state index contributed by atoms with van der Waals surface area (Å²) in [5.74, 6) is -0.319. The van der Waals surface area contributed by atoms with E-state index < -0.39 is 10.0 Å². The zero-order chi connectivity index (χ0) is 18.7. The van der Waals surface area contributed by atoms with Crippen LogP contribution >= 0.6 is 11.6 Å². The lowest BCUT2D eigenvalue weighted by Crippen LogP contribution is -2.39. The van der Waals surface area contributed by atoms with Gasteiger partial charge in [-0.15, -0.1) is 0 Å². The number of hydrogen-bond donors (Lipinski definition) is 2. The highest BCUT2D eigenvalue weighted by molar-refractivity contribution is 7.92. The van der Waals surface area contributed by atoms with Gasteiger partial charge in [-0.05, 0) is 55.3 Å². The number of halogens is 1. The van der Waals surface area contributed by atoms with Gasteiger partial charge in [0.15, 0.2) is 0 Å². The van der Waals surface area contributed by atoms with Crippen LogP contribution in [0.25, 0.3) is 0 Å². The van der Waals surface area contributed by atoms with Gasteiger partial charge >= 0.3 is 0 Å². The van der Waals surface area contributed by atoms with E-state index in [1.165, 1.54) is 12.1 Å². The van der Waals surface area contributed by atoms with Crippen LogP contribution in [0.3, 0.4) is 0 Å². The second-order valence-corrected chi connectivity index (χ2v) is 8.41. The molecule has 0 spiro atoms. The van der Waals surface area contributed by atoms with Gasteiger partial charge in [-0.3, -0.25) is 14.4 Å². The summed E-state index contributed by atoms with van der Waals surface area (Å²) in [4.78, 5) is 13.6. The second kappa shape index (κ2) is 7.65. The molecule has 1 fully saturated rings. The molecule has 3 N–H and O–H groups in total. The number of nitrogens with two attached hydrogens (primary N) is 1. The molecule has 26 heavy (non-hydrogen) atoms. The van der Waals surface area contributed by atoms with E-state index in [-0.39, 0.29) is 16.8 Å². The third kappa shape index (κ3) is 4.35. The Morgan fingerprint density at radius 1 is 1.23 bits per heavy atom. The third-order valence-electron chi connectivity index (χ3n) is 4.36. The van der Waals surface area contributed by atoms with Gasteiger partial charge in [0.2, 0.25) is 5.91 Å². The first kappa shape index (κ1) is 18.7. The summed E-state index contributed by atoms with van der Waals surface area (Å²) in [6.45, 7) is 1.34. The number of amides is 1. The topological polar surface area (TPSA) is 92.5 Å². The van der Waals surface area contributed by atoms with Gasteiger partial charge in [-0.1, -0.05) is 29.8 Å². The van der Waals surface area contributed by atoms with Gasteiger partial charge < -0.3 is 5.73 Å². The van der Waals surface area contributed by atoms with E-state index in [0.717, 1.165) is 24.9 Å². The molecule has 0 unspecified atom stereocenters. The van der Waals surface area contributed by atoms with Crippen molar-refractivity contribution in [3.63, 3.8) is 0 Å². The van der Waals surface area contributed by atoms with Crippen molar-refractivity contribution in [2.75, 3.05) is 11.3 Å². The maximum Gasteiger partial charge on any atom is 0.261 e. The minimum absolute atomic E-state index is 0.101. The Hall–Kier alpha value is -2.09. The summed E-state index contributed by atoms with van der Waals surface area (Å²) in [6.07, 6.45) is 1.69. The smallest absolute Gasteiger partial charge is 0.261 e. The fourth-order valence-electron chi connectivity index (χ4n) is 3.15. The average Bonchev–Trinajstić information content (AvgIpc) is 3.03. The van der Waals surface area contributed by atoms with Crippen LogP contribution in [0.2, 0.25) is 5.02 Å². The van der Waals surface area contributed by atoms with Crippen molar-refractivity contribution >= 4 is 33.2 Å². The summed E-state index contributed by atoms with van der Waals surface area (Å²) in [6, 6.07) is 12.9. The first-order valence-electron chi connectivity index (χ1n) is 8.26. The lowest BCUT2D eigenvalue weighted by Gasteiger charge is -2.22. The summed E-state index contributed by atoms with van der Waals surface area (Å²) in [5, 5.41) is 0.355. The number of carbonyl (C=O) groups is 1. The predicted octanol–water partition coefficient (Wildman–Crippen LogP) is 2.59. The van der Waals surface area contributed by atoms with Gasteiger partial charge in [0.05, 0.1) is 10.9 Å². The number of likely N-dealkylation sites (tertiary alicyclic amines) is 1. The third-order valence-corrected chi connectivity index (χ3v) is 5.98. The molecule has 1 saturated heterocycles. The Kier molecular flexibility index (Phi) is 5.50. The summed E-state index contributed by atoms with van der Waals surface area (Å²) < 4.78 is 27.6. The molecule has 0 radical (unpaired) electrons. The maximum atomic E-state index is 12.5. The molecular formula is C18H20ClN3O3S. The molecule has 0 aromatic heterocycles. The summed E-state index contributed by atoms with van der Waals surface area (Å²) in [5.41, 5.74) is 6.81. The first-order valence-corrected chi connectivity index (χ1v) is 10.1. The molecule has 1 heterocycles. The molecule has 1 atom stereocenters. The first-order chi connectivity index (χ1) is 12.3. The monoisotopic (exact) mass is 393 g/mol. The van der Waals surface area contributed by atoms with E-state index in [0.29, 0.717) is 17.3 Å². The van der Waals surface area contributed by atoms with Crippen molar-refractivity contribution in [3.05, 3.63) is 59.1 Å². The molecular weight excluding hydrogens is 374 g/mol. The Labute approximate surface area is 158 Å². The van der Waals surface area contributed by atoms with Crippen LogP contribution in [0.5, 0.6) is 0 Å². The Morgan fingerprint density at radius 3 is 2.73 bits per heavy atom. The largest absolute Gasteiger partial charge is 0.368 e. The average molecular weight is 394 g/mol. The van der Waals surface area contributed by atoms with Gasteiger partial charge in [-0.25, -0.2) is 8.42 Å². The lowest BCUT2D eigenvalue weighted by atomic mass is 10.1. The van der Waals surface area contributed by atoms with E-state index in [1.807, 2.05) is 11.0 Å². The van der Waals surface area contributed by atoms with Gasteiger partial charge in [0, 0.05) is 17.3 Å². The van der Waals surface area contributed by atoms with Crippen LogP contribution in [0.15, 0.2) is 53.4 Å². The molecule has 0 aliphatic carbocycles. The number of benzene rings is 2. The van der Waals surface area contributed by atoms with Crippen molar-refractivity contribution in [2.24, 2.45) is 5.73 Å². The quantitative estimate of drug-likeness (QED) is 0.788. The van der Waals surface area contributed by atoms with Crippen molar-refractivity contribution in [2.45, 2.75) is 30.3 Å². The number of anilines is 1. The number of primary amides is 1. The Morgan fingerprint density at radius 2 is 2.00 bits per heavy atom. The predicted molar refractivity (Wildman–Crippen MR) is 101 cm³/mol. The number of carbonyl (C=O) groups excluding carboxylic acids is 1. The molecule has 6 nitrogen and oxygen atoms in total. The van der Waals surface area contributed by atoms with Gasteiger partial charge in [0.25, 0.3) is 10.0 Å². The van der Waals surface area contributed by atoms with Crippen molar-refractivity contribution in [3.8, 4) is 0 Å². The number of rotatable bonds is 6. The molecule has 138 valence electrons. The Balaban J connectivity index is 1.76. The highest BCUT2D eigenvalue weighted by atomic mass is 35.5. The zero-order valence-electron chi connectivity index (χ0n) is 14.1. The van der Waals surface area contributed by atoms with E-state index >= 15 is 0 Å². The standard InChI is InChI=1S/C18H20ClN3O3S/c19-14-5-2-7-16(11-14)26(24,25)21-15-6-1-4-13(10-15)12-22-9-3-8-17(22)18(20)23/h1-2,4-7,10-11,17,21H,3,8-9,12H2,(H2,20,23)/t17-/m1/s1. The molecule has 1 aliphatic heterocycles.